The molecule has 0 aliphatic carbocycles. The number of piperidine rings is 2. The van der Waals surface area contributed by atoms with Crippen LogP contribution in [0.3, 0.4) is 0 Å². The molecule has 4 rings (SSSR count). The van der Waals surface area contributed by atoms with Crippen LogP contribution in [-0.2, 0) is 19.6 Å². The Morgan fingerprint density at radius 2 is 1.97 bits per heavy atom. The molecule has 1 aromatic carbocycles. The Morgan fingerprint density at radius 1 is 1.17 bits per heavy atom. The highest BCUT2D eigenvalue weighted by atomic mass is 32.2. The number of rotatable bonds is 6. The summed E-state index contributed by atoms with van der Waals surface area (Å²) in [6.45, 7) is 5.22. The van der Waals surface area contributed by atoms with E-state index in [0.29, 0.717) is 36.4 Å². The van der Waals surface area contributed by atoms with E-state index in [1.807, 2.05) is 13.0 Å². The third-order valence-corrected chi connectivity index (χ3v) is 8.13. The van der Waals surface area contributed by atoms with Crippen LogP contribution in [0, 0.1) is 11.8 Å². The van der Waals surface area contributed by atoms with Gasteiger partial charge in [0.1, 0.15) is 6.04 Å². The van der Waals surface area contributed by atoms with Crippen LogP contribution in [0.25, 0.3) is 0 Å². The van der Waals surface area contributed by atoms with Gasteiger partial charge in [0.2, 0.25) is 10.0 Å². The van der Waals surface area contributed by atoms with Gasteiger partial charge in [0.15, 0.2) is 0 Å². The molecule has 3 fully saturated rings. The van der Waals surface area contributed by atoms with Gasteiger partial charge in [-0.05, 0) is 56.7 Å². The van der Waals surface area contributed by atoms with Gasteiger partial charge in [0.25, 0.3) is 0 Å². The maximum absolute atomic E-state index is 12.7. The van der Waals surface area contributed by atoms with Gasteiger partial charge in [-0.2, -0.15) is 0 Å². The lowest BCUT2D eigenvalue weighted by molar-refractivity contribution is -0.149. The lowest BCUT2D eigenvalue weighted by Crippen LogP contribution is -2.54. The fourth-order valence-electron chi connectivity index (χ4n) is 5.11. The molecular weight excluding hydrogens is 404 g/mol. The largest absolute Gasteiger partial charge is 0.465 e. The summed E-state index contributed by atoms with van der Waals surface area (Å²) in [5.74, 6) is 0.643. The van der Waals surface area contributed by atoms with Crippen molar-refractivity contribution in [2.45, 2.75) is 49.3 Å². The summed E-state index contributed by atoms with van der Waals surface area (Å²) >= 11 is 0. The van der Waals surface area contributed by atoms with E-state index in [2.05, 4.69) is 20.3 Å². The first-order valence-corrected chi connectivity index (χ1v) is 12.4. The average Bonchev–Trinajstić information content (AvgIpc) is 3.18. The predicted molar refractivity (Wildman–Crippen MR) is 113 cm³/mol. The second-order valence-electron chi connectivity index (χ2n) is 8.51. The smallest absolute Gasteiger partial charge is 0.324 e. The van der Waals surface area contributed by atoms with Crippen molar-refractivity contribution in [1.29, 1.82) is 0 Å². The number of benzene rings is 1. The molecule has 3 saturated heterocycles. The van der Waals surface area contributed by atoms with Crippen molar-refractivity contribution < 1.29 is 17.9 Å². The van der Waals surface area contributed by atoms with Gasteiger partial charge in [-0.3, -0.25) is 15.0 Å². The number of carbonyl (C=O) groups is 1. The van der Waals surface area contributed by atoms with Crippen molar-refractivity contribution in [3.05, 3.63) is 30.3 Å². The lowest BCUT2D eigenvalue weighted by Gasteiger charge is -2.42. The van der Waals surface area contributed by atoms with Crippen LogP contribution in [0.4, 0.5) is 0 Å². The topological polar surface area (TPSA) is 99.8 Å². The first-order valence-electron chi connectivity index (χ1n) is 10.9. The minimum atomic E-state index is -3.53. The standard InChI is InChI=1S/C21H32N4O4S/c1-2-29-21(26)19-13-23-20-9-8-15(14-25(19)20)16-10-17(12-22-11-16)24-30(27,28)18-6-4-3-5-7-18/h3-7,15-17,19-20,22-24H,2,8-14H2,1H3. The van der Waals surface area contributed by atoms with Crippen molar-refractivity contribution in [2.24, 2.45) is 11.8 Å². The van der Waals surface area contributed by atoms with Gasteiger partial charge < -0.3 is 10.1 Å². The van der Waals surface area contributed by atoms with Gasteiger partial charge in [-0.1, -0.05) is 18.2 Å². The molecule has 0 radical (unpaired) electrons. The monoisotopic (exact) mass is 436 g/mol. The Morgan fingerprint density at radius 3 is 2.73 bits per heavy atom. The minimum Gasteiger partial charge on any atom is -0.465 e. The molecule has 0 amide bonds. The van der Waals surface area contributed by atoms with Crippen LogP contribution in [0.5, 0.6) is 0 Å². The van der Waals surface area contributed by atoms with E-state index < -0.39 is 10.0 Å². The average molecular weight is 437 g/mol. The second-order valence-corrected chi connectivity index (χ2v) is 10.2. The number of esters is 1. The molecule has 1 aromatic rings. The number of nitrogens with zero attached hydrogens (tertiary/aromatic N) is 1. The van der Waals surface area contributed by atoms with E-state index in [4.69, 9.17) is 4.74 Å². The van der Waals surface area contributed by atoms with Crippen LogP contribution in [0.15, 0.2) is 35.2 Å². The lowest BCUT2D eigenvalue weighted by atomic mass is 9.79. The number of nitrogens with one attached hydrogen (secondary N) is 3. The summed E-state index contributed by atoms with van der Waals surface area (Å²) in [5, 5.41) is 6.86. The summed E-state index contributed by atoms with van der Waals surface area (Å²) in [5.41, 5.74) is 0. The zero-order chi connectivity index (χ0) is 21.1. The van der Waals surface area contributed by atoms with E-state index in [9.17, 15) is 13.2 Å². The van der Waals surface area contributed by atoms with Crippen LogP contribution in [-0.4, -0.2) is 70.3 Å². The Kier molecular flexibility index (Phi) is 6.74. The Balaban J connectivity index is 1.38. The molecule has 3 aliphatic rings. The third-order valence-electron chi connectivity index (χ3n) is 6.59. The molecular formula is C21H32N4O4S. The number of sulfonamides is 1. The molecule has 30 heavy (non-hydrogen) atoms. The minimum absolute atomic E-state index is 0.135. The molecule has 166 valence electrons. The summed E-state index contributed by atoms with van der Waals surface area (Å²) in [4.78, 5) is 14.9. The van der Waals surface area contributed by atoms with E-state index in [-0.39, 0.29) is 24.2 Å². The van der Waals surface area contributed by atoms with Crippen molar-refractivity contribution in [3.63, 3.8) is 0 Å². The molecule has 5 unspecified atom stereocenters. The zero-order valence-corrected chi connectivity index (χ0v) is 18.2. The fourth-order valence-corrected chi connectivity index (χ4v) is 6.38. The van der Waals surface area contributed by atoms with E-state index >= 15 is 0 Å². The van der Waals surface area contributed by atoms with Gasteiger partial charge in [-0.25, -0.2) is 13.1 Å². The molecule has 9 heteroatoms. The van der Waals surface area contributed by atoms with Crippen LogP contribution >= 0.6 is 0 Å². The van der Waals surface area contributed by atoms with Gasteiger partial charge >= 0.3 is 5.97 Å². The highest BCUT2D eigenvalue weighted by Crippen LogP contribution is 2.33. The fraction of sp³-hybridized carbons (Fsp3) is 0.667. The normalized spacial score (nSPS) is 32.5. The number of fused-ring (bicyclic) bond motifs is 1. The molecule has 3 heterocycles. The van der Waals surface area contributed by atoms with Gasteiger partial charge in [0, 0.05) is 25.7 Å². The van der Waals surface area contributed by atoms with Crippen LogP contribution < -0.4 is 15.4 Å². The van der Waals surface area contributed by atoms with Gasteiger partial charge in [-0.15, -0.1) is 0 Å². The van der Waals surface area contributed by atoms with Crippen molar-refractivity contribution in [1.82, 2.24) is 20.3 Å². The maximum atomic E-state index is 12.7. The Bertz CT molecular complexity index is 835. The van der Waals surface area contributed by atoms with E-state index in [1.54, 1.807) is 24.3 Å². The summed E-state index contributed by atoms with van der Waals surface area (Å²) in [7, 11) is -3.53. The first kappa shape index (κ1) is 21.7. The Hall–Kier alpha value is -1.52. The highest BCUT2D eigenvalue weighted by molar-refractivity contribution is 7.89. The van der Waals surface area contributed by atoms with E-state index in [1.165, 1.54) is 0 Å². The molecule has 5 atom stereocenters. The van der Waals surface area contributed by atoms with Crippen molar-refractivity contribution in [3.8, 4) is 0 Å². The number of hydrogen-bond acceptors (Lipinski definition) is 7. The highest BCUT2D eigenvalue weighted by Gasteiger charge is 2.44. The van der Waals surface area contributed by atoms with Crippen LogP contribution in [0.1, 0.15) is 26.2 Å². The second kappa shape index (κ2) is 9.32. The first-order chi connectivity index (χ1) is 14.5. The summed E-state index contributed by atoms with van der Waals surface area (Å²) in [6, 6.07) is 8.16. The maximum Gasteiger partial charge on any atom is 0.324 e. The molecule has 0 spiro atoms. The summed E-state index contributed by atoms with van der Waals surface area (Å²) < 4.78 is 33.6. The van der Waals surface area contributed by atoms with Gasteiger partial charge in [0.05, 0.1) is 17.7 Å². The molecule has 0 saturated carbocycles. The third kappa shape index (κ3) is 4.70. The molecule has 3 N–H and O–H groups in total. The van der Waals surface area contributed by atoms with Crippen molar-refractivity contribution >= 4 is 16.0 Å². The SMILES string of the molecule is CCOC(=O)C1CNC2CCC(C3CNCC(NS(=O)(=O)c4ccccc4)C3)CN21. The number of ether oxygens (including phenoxy) is 1. The Labute approximate surface area is 178 Å². The number of carbonyl (C=O) groups excluding carboxylic acids is 1. The number of hydrogen-bond donors (Lipinski definition) is 3. The molecule has 8 nitrogen and oxygen atoms in total. The molecule has 3 aliphatic heterocycles. The van der Waals surface area contributed by atoms with E-state index in [0.717, 1.165) is 32.4 Å². The molecule has 0 aromatic heterocycles. The predicted octanol–water partition coefficient (Wildman–Crippen LogP) is 0.516. The van der Waals surface area contributed by atoms with Crippen LogP contribution in [0.2, 0.25) is 0 Å². The zero-order valence-electron chi connectivity index (χ0n) is 17.4. The quantitative estimate of drug-likeness (QED) is 0.559. The summed E-state index contributed by atoms with van der Waals surface area (Å²) in [6.07, 6.45) is 3.12. The van der Waals surface area contributed by atoms with Crippen molar-refractivity contribution in [2.75, 3.05) is 32.8 Å². The molecule has 0 bridgehead atoms.